The van der Waals surface area contributed by atoms with Crippen molar-refractivity contribution in [3.8, 4) is 0 Å². The van der Waals surface area contributed by atoms with Gasteiger partial charge >= 0.3 is 0 Å². The van der Waals surface area contributed by atoms with E-state index in [0.29, 0.717) is 16.3 Å². The summed E-state index contributed by atoms with van der Waals surface area (Å²) in [6.45, 7) is 0. The highest BCUT2D eigenvalue weighted by Gasteiger charge is 2.24. The molecule has 2 N–H and O–H groups in total. The first kappa shape index (κ1) is 12.0. The molecule has 3 rings (SSSR count). The summed E-state index contributed by atoms with van der Waals surface area (Å²) < 4.78 is 12.9. The van der Waals surface area contributed by atoms with Crippen molar-refractivity contribution in [3.05, 3.63) is 64.4 Å². The normalized spacial score (nSPS) is 17.4. The fourth-order valence-electron chi connectivity index (χ4n) is 2.06. The molecule has 5 heteroatoms. The highest BCUT2D eigenvalue weighted by atomic mass is 35.5. The predicted octanol–water partition coefficient (Wildman–Crippen LogP) is 3.33. The molecule has 0 fully saturated rings. The smallest absolute Gasteiger partial charge is 0.255 e. The Morgan fingerprint density at radius 1 is 1.05 bits per heavy atom. The molecule has 1 heterocycles. The SMILES string of the molecule is O=C1NC(c2ccc(F)cc2)Nc2cc(Cl)ccc21. The Kier molecular flexibility index (Phi) is 2.87. The number of carbonyl (C=O) groups excluding carboxylic acids is 1. The van der Waals surface area contributed by atoms with E-state index in [-0.39, 0.29) is 17.9 Å². The number of hydrogen-bond acceptors (Lipinski definition) is 2. The second-order valence-corrected chi connectivity index (χ2v) is 4.73. The van der Waals surface area contributed by atoms with E-state index in [1.807, 2.05) is 0 Å². The molecular formula is C14H10ClFN2O. The van der Waals surface area contributed by atoms with Crippen molar-refractivity contribution in [1.82, 2.24) is 5.32 Å². The summed E-state index contributed by atoms with van der Waals surface area (Å²) in [6.07, 6.45) is -0.390. The molecule has 1 atom stereocenters. The number of rotatable bonds is 1. The van der Waals surface area contributed by atoms with Gasteiger partial charge in [-0.25, -0.2) is 4.39 Å². The van der Waals surface area contributed by atoms with Crippen LogP contribution >= 0.6 is 11.6 Å². The number of amides is 1. The van der Waals surface area contributed by atoms with Gasteiger partial charge in [0.05, 0.1) is 11.3 Å². The molecule has 1 amide bonds. The Balaban J connectivity index is 1.96. The number of benzene rings is 2. The minimum Gasteiger partial charge on any atom is -0.361 e. The average molecular weight is 277 g/mol. The molecular weight excluding hydrogens is 267 g/mol. The van der Waals surface area contributed by atoms with Crippen LogP contribution in [0.4, 0.5) is 10.1 Å². The fraction of sp³-hybridized carbons (Fsp3) is 0.0714. The van der Waals surface area contributed by atoms with Gasteiger partial charge in [-0.05, 0) is 35.9 Å². The van der Waals surface area contributed by atoms with Gasteiger partial charge in [-0.15, -0.1) is 0 Å². The van der Waals surface area contributed by atoms with Gasteiger partial charge in [-0.3, -0.25) is 4.79 Å². The van der Waals surface area contributed by atoms with Gasteiger partial charge < -0.3 is 10.6 Å². The molecule has 1 aliphatic rings. The first-order chi connectivity index (χ1) is 9.13. The van der Waals surface area contributed by atoms with Crippen molar-refractivity contribution >= 4 is 23.2 Å². The summed E-state index contributed by atoms with van der Waals surface area (Å²) in [5.74, 6) is -0.492. The van der Waals surface area contributed by atoms with E-state index in [1.54, 1.807) is 30.3 Å². The summed E-state index contributed by atoms with van der Waals surface area (Å²) in [5, 5.41) is 6.53. The third-order valence-corrected chi connectivity index (χ3v) is 3.24. The lowest BCUT2D eigenvalue weighted by Gasteiger charge is -2.28. The van der Waals surface area contributed by atoms with E-state index < -0.39 is 0 Å². The average Bonchev–Trinajstić information content (AvgIpc) is 2.38. The second kappa shape index (κ2) is 4.55. The van der Waals surface area contributed by atoms with Gasteiger partial charge in [0.15, 0.2) is 0 Å². The summed E-state index contributed by atoms with van der Waals surface area (Å²) >= 11 is 5.92. The molecule has 0 saturated heterocycles. The summed E-state index contributed by atoms with van der Waals surface area (Å²) in [5.41, 5.74) is 1.99. The van der Waals surface area contributed by atoms with Gasteiger partial charge in [0, 0.05) is 5.02 Å². The summed E-state index contributed by atoms with van der Waals surface area (Å²) in [7, 11) is 0. The van der Waals surface area contributed by atoms with Crippen LogP contribution in [0, 0.1) is 5.82 Å². The Morgan fingerprint density at radius 2 is 1.79 bits per heavy atom. The van der Waals surface area contributed by atoms with Crippen LogP contribution in [0.2, 0.25) is 5.02 Å². The van der Waals surface area contributed by atoms with E-state index >= 15 is 0 Å². The topological polar surface area (TPSA) is 41.1 Å². The third-order valence-electron chi connectivity index (χ3n) is 3.00. The highest BCUT2D eigenvalue weighted by Crippen LogP contribution is 2.28. The molecule has 1 unspecified atom stereocenters. The van der Waals surface area contributed by atoms with Gasteiger partial charge in [0.2, 0.25) is 0 Å². The lowest BCUT2D eigenvalue weighted by Crippen LogP contribution is -2.38. The minimum atomic E-state index is -0.390. The van der Waals surface area contributed by atoms with Crippen LogP contribution in [0.5, 0.6) is 0 Å². The Hall–Kier alpha value is -2.07. The van der Waals surface area contributed by atoms with Gasteiger partial charge in [-0.2, -0.15) is 0 Å². The molecule has 0 aromatic heterocycles. The molecule has 0 aliphatic carbocycles. The standard InChI is InChI=1S/C14H10ClFN2O/c15-9-3-6-11-12(7-9)17-13(18-14(11)19)8-1-4-10(16)5-2-8/h1-7,13,17H,(H,18,19). The number of anilines is 1. The summed E-state index contributed by atoms with van der Waals surface area (Å²) in [4.78, 5) is 12.0. The van der Waals surface area contributed by atoms with Crippen molar-refractivity contribution < 1.29 is 9.18 Å². The molecule has 2 aromatic rings. The van der Waals surface area contributed by atoms with Crippen molar-refractivity contribution in [1.29, 1.82) is 0 Å². The van der Waals surface area contributed by atoms with Crippen LogP contribution in [0.3, 0.4) is 0 Å². The molecule has 3 nitrogen and oxygen atoms in total. The van der Waals surface area contributed by atoms with E-state index in [2.05, 4.69) is 10.6 Å². The Bertz CT molecular complexity index is 642. The molecule has 0 bridgehead atoms. The Morgan fingerprint density at radius 3 is 2.53 bits per heavy atom. The van der Waals surface area contributed by atoms with E-state index in [0.717, 1.165) is 5.56 Å². The lowest BCUT2D eigenvalue weighted by atomic mass is 10.1. The summed E-state index contributed by atoms with van der Waals surface area (Å²) in [6, 6.07) is 11.0. The third kappa shape index (κ3) is 2.27. The number of carbonyl (C=O) groups is 1. The minimum absolute atomic E-state index is 0.181. The number of nitrogens with one attached hydrogen (secondary N) is 2. The molecule has 19 heavy (non-hydrogen) atoms. The zero-order chi connectivity index (χ0) is 13.4. The van der Waals surface area contributed by atoms with Crippen LogP contribution in [0.1, 0.15) is 22.1 Å². The van der Waals surface area contributed by atoms with Crippen molar-refractivity contribution in [2.75, 3.05) is 5.32 Å². The quantitative estimate of drug-likeness (QED) is 0.839. The van der Waals surface area contributed by atoms with Gasteiger partial charge in [-0.1, -0.05) is 23.7 Å². The number of halogens is 2. The van der Waals surface area contributed by atoms with Crippen LogP contribution in [-0.4, -0.2) is 5.91 Å². The van der Waals surface area contributed by atoms with Gasteiger partial charge in [0.1, 0.15) is 12.0 Å². The van der Waals surface area contributed by atoms with E-state index in [1.165, 1.54) is 12.1 Å². The predicted molar refractivity (Wildman–Crippen MR) is 71.7 cm³/mol. The van der Waals surface area contributed by atoms with Crippen LogP contribution in [0.15, 0.2) is 42.5 Å². The zero-order valence-electron chi connectivity index (χ0n) is 9.78. The first-order valence-corrected chi connectivity index (χ1v) is 6.14. The Labute approximate surface area is 114 Å². The van der Waals surface area contributed by atoms with Crippen molar-refractivity contribution in [3.63, 3.8) is 0 Å². The molecule has 0 radical (unpaired) electrons. The number of hydrogen-bond donors (Lipinski definition) is 2. The van der Waals surface area contributed by atoms with E-state index in [9.17, 15) is 9.18 Å². The van der Waals surface area contributed by atoms with Crippen molar-refractivity contribution in [2.24, 2.45) is 0 Å². The molecule has 0 spiro atoms. The maximum absolute atomic E-state index is 12.9. The van der Waals surface area contributed by atoms with Crippen molar-refractivity contribution in [2.45, 2.75) is 6.17 Å². The monoisotopic (exact) mass is 276 g/mol. The lowest BCUT2D eigenvalue weighted by molar-refractivity contribution is 0.0935. The second-order valence-electron chi connectivity index (χ2n) is 4.29. The number of fused-ring (bicyclic) bond motifs is 1. The van der Waals surface area contributed by atoms with Gasteiger partial charge in [0.25, 0.3) is 5.91 Å². The zero-order valence-corrected chi connectivity index (χ0v) is 10.5. The van der Waals surface area contributed by atoms with E-state index in [4.69, 9.17) is 11.6 Å². The van der Waals surface area contributed by atoms with Crippen LogP contribution in [-0.2, 0) is 0 Å². The maximum Gasteiger partial charge on any atom is 0.255 e. The molecule has 2 aromatic carbocycles. The molecule has 96 valence electrons. The molecule has 0 saturated carbocycles. The largest absolute Gasteiger partial charge is 0.361 e. The first-order valence-electron chi connectivity index (χ1n) is 5.76. The fourth-order valence-corrected chi connectivity index (χ4v) is 2.23. The van der Waals surface area contributed by atoms with Crippen LogP contribution < -0.4 is 10.6 Å². The molecule has 1 aliphatic heterocycles. The maximum atomic E-state index is 12.9. The highest BCUT2D eigenvalue weighted by molar-refractivity contribution is 6.31. The van der Waals surface area contributed by atoms with Crippen LogP contribution in [0.25, 0.3) is 0 Å².